The molecule has 6 heterocycles. The van der Waals surface area contributed by atoms with E-state index in [9.17, 15) is 28.8 Å². The highest BCUT2D eigenvalue weighted by atomic mass is 31.2. The zero-order chi connectivity index (χ0) is 32.3. The van der Waals surface area contributed by atoms with Gasteiger partial charge in [0.2, 0.25) is 5.95 Å². The van der Waals surface area contributed by atoms with Gasteiger partial charge in [-0.05, 0) is 0 Å². The summed E-state index contributed by atoms with van der Waals surface area (Å²) in [5.74, 6) is -0.205. The SMILES string of the molecule is CP(=O)(O)O[C@@H]1C[C@@H](COP(=O)(O)O[C@@H]2[C@H](F)[C@@H](CO)O[C@H]2n2cnc3c(=O)[nH]c(N)nc32)O[C@H]1n1cnc2c(N)ncnc21. The van der Waals surface area contributed by atoms with Gasteiger partial charge in [-0.3, -0.25) is 32.5 Å². The van der Waals surface area contributed by atoms with Crippen molar-refractivity contribution in [2.75, 3.05) is 31.3 Å². The van der Waals surface area contributed by atoms with E-state index in [1.54, 1.807) is 0 Å². The second-order valence-corrected chi connectivity index (χ2v) is 13.4. The van der Waals surface area contributed by atoms with E-state index < -0.39 is 77.2 Å². The quantitative estimate of drug-likeness (QED) is 0.114. The van der Waals surface area contributed by atoms with Crippen molar-refractivity contribution in [2.45, 2.75) is 49.5 Å². The number of aliphatic hydroxyl groups is 1. The molecule has 4 aromatic heterocycles. The lowest BCUT2D eigenvalue weighted by atomic mass is 10.1. The second-order valence-electron chi connectivity index (χ2n) is 10.2. The molecular formula is C21H27FN10O11P2. The van der Waals surface area contributed by atoms with E-state index in [4.69, 9.17) is 34.5 Å². The molecule has 0 aromatic carbocycles. The minimum absolute atomic E-state index is 0.0781. The fourth-order valence-electron chi connectivity index (χ4n) is 5.14. The van der Waals surface area contributed by atoms with Crippen LogP contribution < -0.4 is 17.0 Å². The minimum Gasteiger partial charge on any atom is -0.394 e. The lowest BCUT2D eigenvalue weighted by Gasteiger charge is -2.24. The van der Waals surface area contributed by atoms with Crippen molar-refractivity contribution in [3.63, 3.8) is 0 Å². The molecule has 4 aromatic rings. The third kappa shape index (κ3) is 6.21. The summed E-state index contributed by atoms with van der Waals surface area (Å²) in [6, 6.07) is 0. The molecule has 0 aliphatic carbocycles. The zero-order valence-corrected chi connectivity index (χ0v) is 24.8. The number of rotatable bonds is 10. The number of hydrogen-bond acceptors (Lipinski definition) is 16. The van der Waals surface area contributed by atoms with Crippen molar-refractivity contribution in [2.24, 2.45) is 0 Å². The Morgan fingerprint density at radius 1 is 1.07 bits per heavy atom. The average Bonchev–Trinajstić information content (AvgIpc) is 3.72. The predicted molar refractivity (Wildman–Crippen MR) is 148 cm³/mol. The van der Waals surface area contributed by atoms with Crippen molar-refractivity contribution in [1.29, 1.82) is 0 Å². The van der Waals surface area contributed by atoms with Crippen LogP contribution in [0.5, 0.6) is 0 Å². The van der Waals surface area contributed by atoms with E-state index in [2.05, 4.69) is 29.9 Å². The maximum absolute atomic E-state index is 15.3. The van der Waals surface area contributed by atoms with Crippen LogP contribution in [0.15, 0.2) is 23.8 Å². The number of nitrogens with one attached hydrogen (secondary N) is 1. The Kier molecular flexibility index (Phi) is 8.23. The molecule has 0 amide bonds. The van der Waals surface area contributed by atoms with E-state index in [0.717, 1.165) is 17.6 Å². The Morgan fingerprint density at radius 3 is 2.49 bits per heavy atom. The minimum atomic E-state index is -5.10. The first-order valence-corrected chi connectivity index (χ1v) is 16.6. The molecule has 2 fully saturated rings. The lowest BCUT2D eigenvalue weighted by molar-refractivity contribution is -0.0576. The third-order valence-corrected chi connectivity index (χ3v) is 8.63. The molecule has 9 atom stereocenters. The number of aromatic amines is 1. The first kappa shape index (κ1) is 31.5. The van der Waals surface area contributed by atoms with Gasteiger partial charge in [-0.15, -0.1) is 0 Å². The highest BCUT2D eigenvalue weighted by molar-refractivity contribution is 7.51. The van der Waals surface area contributed by atoms with Crippen LogP contribution in [0.2, 0.25) is 0 Å². The molecule has 244 valence electrons. The number of alkyl halides is 1. The largest absolute Gasteiger partial charge is 0.472 e. The Morgan fingerprint density at radius 2 is 1.78 bits per heavy atom. The number of imidazole rings is 2. The zero-order valence-electron chi connectivity index (χ0n) is 23.1. The van der Waals surface area contributed by atoms with Gasteiger partial charge < -0.3 is 40.4 Å². The standard InChI is InChI=1S/C21H27FN10O11P2/c1-44(35,36)42-9-2-8(40-19(9)31-6-27-12-15(23)25-5-26-16(12)31)4-39-45(37,38)43-14-11(22)10(3-33)41-20(14)32-7-28-13-17(32)29-21(24)30-18(13)34/h5-11,14,19-20,33H,2-4H2,1H3,(H,35,36)(H,37,38)(H2,23,25,26)(H3,24,29,30,34)/t8-,9+,10+,11+,14+,19+,20+/m0/s1. The summed E-state index contributed by atoms with van der Waals surface area (Å²) in [5.41, 5.74) is 10.9. The number of phosphoric acid groups is 1. The molecule has 2 aliphatic rings. The first-order chi connectivity index (χ1) is 21.2. The van der Waals surface area contributed by atoms with Crippen LogP contribution >= 0.6 is 15.4 Å². The summed E-state index contributed by atoms with van der Waals surface area (Å²) in [6.45, 7) is -0.457. The summed E-state index contributed by atoms with van der Waals surface area (Å²) in [7, 11) is -9.15. The molecule has 0 radical (unpaired) electrons. The van der Waals surface area contributed by atoms with Crippen LogP contribution in [-0.2, 0) is 32.2 Å². The summed E-state index contributed by atoms with van der Waals surface area (Å²) < 4.78 is 70.1. The van der Waals surface area contributed by atoms with Crippen LogP contribution in [0.4, 0.5) is 16.2 Å². The van der Waals surface area contributed by atoms with Crippen molar-refractivity contribution in [1.82, 2.24) is 39.0 Å². The number of fused-ring (bicyclic) bond motifs is 2. The average molecular weight is 676 g/mol. The van der Waals surface area contributed by atoms with Crippen LogP contribution in [0.1, 0.15) is 18.9 Å². The number of anilines is 2. The molecule has 21 nitrogen and oxygen atoms in total. The van der Waals surface area contributed by atoms with Crippen LogP contribution in [-0.4, -0.2) is 104 Å². The molecule has 6 rings (SSSR count). The van der Waals surface area contributed by atoms with Crippen molar-refractivity contribution >= 4 is 49.5 Å². The number of ether oxygens (including phenoxy) is 2. The molecular weight excluding hydrogens is 649 g/mol. The number of aromatic nitrogens is 8. The number of nitrogen functional groups attached to an aromatic ring is 2. The third-order valence-electron chi connectivity index (χ3n) is 6.98. The maximum Gasteiger partial charge on any atom is 0.472 e. The Balaban J connectivity index is 1.20. The molecule has 0 bridgehead atoms. The molecule has 45 heavy (non-hydrogen) atoms. The summed E-state index contributed by atoms with van der Waals surface area (Å²) in [4.78, 5) is 55.0. The van der Waals surface area contributed by atoms with Crippen molar-refractivity contribution in [3.8, 4) is 0 Å². The highest BCUT2D eigenvalue weighted by Crippen LogP contribution is 2.51. The van der Waals surface area contributed by atoms with Gasteiger partial charge in [0.1, 0.15) is 30.2 Å². The lowest BCUT2D eigenvalue weighted by Crippen LogP contribution is -2.32. The van der Waals surface area contributed by atoms with Gasteiger partial charge in [0, 0.05) is 13.1 Å². The molecule has 0 spiro atoms. The molecule has 2 aliphatic heterocycles. The fraction of sp³-hybridized carbons (Fsp3) is 0.524. The van der Waals surface area contributed by atoms with Gasteiger partial charge >= 0.3 is 15.4 Å². The number of phosphoric ester groups is 1. The number of H-pyrrole nitrogens is 1. The van der Waals surface area contributed by atoms with E-state index >= 15 is 4.39 Å². The Labute approximate surface area is 250 Å². The van der Waals surface area contributed by atoms with E-state index in [-0.39, 0.29) is 40.5 Å². The van der Waals surface area contributed by atoms with Gasteiger partial charge in [0.05, 0.1) is 32.0 Å². The van der Waals surface area contributed by atoms with Crippen LogP contribution in [0.3, 0.4) is 0 Å². The smallest absolute Gasteiger partial charge is 0.394 e. The summed E-state index contributed by atoms with van der Waals surface area (Å²) in [5, 5.41) is 9.62. The highest BCUT2D eigenvalue weighted by Gasteiger charge is 2.51. The molecule has 2 unspecified atom stereocenters. The molecule has 2 saturated heterocycles. The molecule has 24 heteroatoms. The number of nitrogens with two attached hydrogens (primary N) is 2. The summed E-state index contributed by atoms with van der Waals surface area (Å²) >= 11 is 0. The van der Waals surface area contributed by atoms with Gasteiger partial charge in [-0.2, -0.15) is 4.98 Å². The van der Waals surface area contributed by atoms with E-state index in [0.29, 0.717) is 0 Å². The van der Waals surface area contributed by atoms with Gasteiger partial charge in [0.25, 0.3) is 5.56 Å². The number of nitrogens with zero attached hydrogens (tertiary/aromatic N) is 7. The number of aliphatic hydroxyl groups excluding tert-OH is 1. The Hall–Kier alpha value is -3.43. The number of hydrogen-bond donors (Lipinski definition) is 6. The van der Waals surface area contributed by atoms with Crippen molar-refractivity contribution in [3.05, 3.63) is 29.3 Å². The maximum atomic E-state index is 15.3. The van der Waals surface area contributed by atoms with Crippen molar-refractivity contribution < 1.29 is 51.5 Å². The van der Waals surface area contributed by atoms with E-state index in [1.165, 1.54) is 17.2 Å². The van der Waals surface area contributed by atoms with Crippen LogP contribution in [0.25, 0.3) is 22.3 Å². The van der Waals surface area contributed by atoms with Gasteiger partial charge in [-0.25, -0.2) is 28.9 Å². The van der Waals surface area contributed by atoms with E-state index in [1.807, 2.05) is 0 Å². The van der Waals surface area contributed by atoms with Gasteiger partial charge in [0.15, 0.2) is 41.3 Å². The monoisotopic (exact) mass is 676 g/mol. The molecule has 0 saturated carbocycles. The second kappa shape index (κ2) is 11.7. The van der Waals surface area contributed by atoms with Crippen LogP contribution in [0, 0.1) is 0 Å². The topological polar surface area (TPSA) is 300 Å². The summed E-state index contributed by atoms with van der Waals surface area (Å²) in [6.07, 6.45) is -6.71. The number of halogens is 1. The fourth-order valence-corrected chi connectivity index (χ4v) is 6.78. The predicted octanol–water partition coefficient (Wildman–Crippen LogP) is -0.658. The van der Waals surface area contributed by atoms with Gasteiger partial charge in [-0.1, -0.05) is 0 Å². The Bertz CT molecular complexity index is 1880. The molecule has 8 N–H and O–H groups in total. The normalized spacial score (nSPS) is 29.8. The first-order valence-electron chi connectivity index (χ1n) is 13.1.